The maximum Gasteiger partial charge on any atom is 0.158 e. The van der Waals surface area contributed by atoms with Gasteiger partial charge < -0.3 is 14.5 Å². The van der Waals surface area contributed by atoms with Crippen molar-refractivity contribution in [1.29, 1.82) is 0 Å². The van der Waals surface area contributed by atoms with Gasteiger partial charge in [-0.1, -0.05) is 81.4 Å². The number of rotatable bonds is 5. The van der Waals surface area contributed by atoms with E-state index in [1.807, 2.05) is 24.5 Å². The summed E-state index contributed by atoms with van der Waals surface area (Å²) in [5, 5.41) is 4.76. The molecular formula is C43H35N5O. The van der Waals surface area contributed by atoms with Crippen molar-refractivity contribution in [3.8, 4) is 17.3 Å². The zero-order valence-corrected chi connectivity index (χ0v) is 27.7. The summed E-state index contributed by atoms with van der Waals surface area (Å²) in [6.07, 6.45) is 3.78. The maximum absolute atomic E-state index is 6.62. The first-order chi connectivity index (χ1) is 23.9. The van der Waals surface area contributed by atoms with E-state index >= 15 is 0 Å². The fourth-order valence-corrected chi connectivity index (χ4v) is 7.07. The molecule has 8 aromatic rings. The fraction of sp³-hybridized carbons (Fsp3) is 0.116. The van der Waals surface area contributed by atoms with Gasteiger partial charge >= 0.3 is 0 Å². The second-order valence-corrected chi connectivity index (χ2v) is 13.6. The summed E-state index contributed by atoms with van der Waals surface area (Å²) in [7, 11) is 0. The minimum absolute atomic E-state index is 0.00751. The number of aromatic nitrogens is 3. The normalized spacial score (nSPS) is 13.0. The second-order valence-electron chi connectivity index (χ2n) is 13.6. The molecule has 0 spiro atoms. The molecule has 0 bridgehead atoms. The van der Waals surface area contributed by atoms with Crippen molar-refractivity contribution in [3.63, 3.8) is 0 Å². The third-order valence-corrected chi connectivity index (χ3v) is 9.50. The van der Waals surface area contributed by atoms with Crippen molar-refractivity contribution in [3.05, 3.63) is 151 Å². The molecule has 0 saturated carbocycles. The summed E-state index contributed by atoms with van der Waals surface area (Å²) in [6, 6.07) is 46.6. The van der Waals surface area contributed by atoms with Gasteiger partial charge in [-0.2, -0.15) is 0 Å². The first kappa shape index (κ1) is 29.0. The van der Waals surface area contributed by atoms with E-state index in [0.29, 0.717) is 6.67 Å². The average Bonchev–Trinajstić information content (AvgIpc) is 3.67. The van der Waals surface area contributed by atoms with Crippen LogP contribution in [-0.2, 0) is 5.41 Å². The van der Waals surface area contributed by atoms with E-state index in [1.165, 1.54) is 21.7 Å². The highest BCUT2D eigenvalue weighted by molar-refractivity contribution is 6.09. The zero-order valence-electron chi connectivity index (χ0n) is 27.7. The number of benzene rings is 5. The SMILES string of the molecule is CC(C)(C)c1ccnc(-n2c3ccccc3c3ccc(Oc4cccc(N5CN(c6cccc7ccccc67)c6ncccc65)c4)cc32)c1. The molecule has 0 fully saturated rings. The van der Waals surface area contributed by atoms with Gasteiger partial charge in [0.15, 0.2) is 5.82 Å². The smallest absolute Gasteiger partial charge is 0.158 e. The van der Waals surface area contributed by atoms with Crippen LogP contribution in [-0.4, -0.2) is 21.2 Å². The lowest BCUT2D eigenvalue weighted by Crippen LogP contribution is -2.24. The summed E-state index contributed by atoms with van der Waals surface area (Å²) in [5.74, 6) is 3.37. The molecule has 0 amide bonds. The van der Waals surface area contributed by atoms with Crippen molar-refractivity contribution in [1.82, 2.24) is 14.5 Å². The molecule has 0 aliphatic carbocycles. The van der Waals surface area contributed by atoms with E-state index in [9.17, 15) is 0 Å². The predicted molar refractivity (Wildman–Crippen MR) is 201 cm³/mol. The Balaban J connectivity index is 1.08. The molecule has 0 saturated heterocycles. The number of para-hydroxylation sites is 1. The van der Waals surface area contributed by atoms with E-state index in [0.717, 1.165) is 56.6 Å². The van der Waals surface area contributed by atoms with Crippen molar-refractivity contribution in [2.24, 2.45) is 0 Å². The Morgan fingerprint density at radius 3 is 2.22 bits per heavy atom. The summed E-state index contributed by atoms with van der Waals surface area (Å²) in [5.41, 5.74) is 6.65. The summed E-state index contributed by atoms with van der Waals surface area (Å²) in [6.45, 7) is 7.33. The number of nitrogens with zero attached hydrogens (tertiary/aromatic N) is 5. The van der Waals surface area contributed by atoms with E-state index < -0.39 is 0 Å². The van der Waals surface area contributed by atoms with Crippen LogP contribution in [0.5, 0.6) is 11.5 Å². The maximum atomic E-state index is 6.62. The number of pyridine rings is 2. The van der Waals surface area contributed by atoms with E-state index in [1.54, 1.807) is 0 Å². The van der Waals surface area contributed by atoms with Crippen LogP contribution in [0.2, 0.25) is 0 Å². The minimum atomic E-state index is 0.00751. The Morgan fingerprint density at radius 2 is 1.33 bits per heavy atom. The van der Waals surface area contributed by atoms with E-state index in [-0.39, 0.29) is 5.41 Å². The highest BCUT2D eigenvalue weighted by Crippen LogP contribution is 2.45. The molecule has 49 heavy (non-hydrogen) atoms. The standard InChI is InChI=1S/C43H35N5O/c1-43(2,3)30-22-24-44-41(25-30)48-38-17-7-6-16-35(38)36-21-20-33(27-40(36)48)49-32-14-9-13-31(26-32)46-28-47(42-39(46)19-10-23-45-42)37-18-8-12-29-11-4-5-15-34(29)37/h4-27H,28H2,1-3H3. The molecule has 6 nitrogen and oxygen atoms in total. The third-order valence-electron chi connectivity index (χ3n) is 9.50. The van der Waals surface area contributed by atoms with Crippen LogP contribution >= 0.6 is 0 Å². The Labute approximate surface area is 285 Å². The molecule has 9 rings (SSSR count). The van der Waals surface area contributed by atoms with Gasteiger partial charge in [0.1, 0.15) is 24.0 Å². The molecule has 4 heterocycles. The van der Waals surface area contributed by atoms with Crippen LogP contribution in [0.4, 0.5) is 22.9 Å². The molecule has 0 unspecified atom stereocenters. The Morgan fingerprint density at radius 1 is 0.571 bits per heavy atom. The molecule has 0 N–H and O–H groups in total. The third kappa shape index (κ3) is 4.95. The van der Waals surface area contributed by atoms with Crippen molar-refractivity contribution in [2.45, 2.75) is 26.2 Å². The van der Waals surface area contributed by atoms with Gasteiger partial charge in [-0.3, -0.25) is 4.57 Å². The predicted octanol–water partition coefficient (Wildman–Crippen LogP) is 11.1. The number of ether oxygens (including phenoxy) is 1. The molecule has 238 valence electrons. The average molecular weight is 638 g/mol. The van der Waals surface area contributed by atoms with Gasteiger partial charge in [0, 0.05) is 46.4 Å². The molecular weight excluding hydrogens is 603 g/mol. The van der Waals surface area contributed by atoms with Gasteiger partial charge in [-0.15, -0.1) is 0 Å². The monoisotopic (exact) mass is 637 g/mol. The van der Waals surface area contributed by atoms with Crippen LogP contribution in [0.3, 0.4) is 0 Å². The van der Waals surface area contributed by atoms with Gasteiger partial charge in [-0.05, 0) is 77.0 Å². The van der Waals surface area contributed by atoms with Crippen LogP contribution < -0.4 is 14.5 Å². The number of hydrogen-bond donors (Lipinski definition) is 0. The number of fused-ring (bicyclic) bond motifs is 5. The zero-order chi connectivity index (χ0) is 33.1. The number of hydrogen-bond acceptors (Lipinski definition) is 5. The van der Waals surface area contributed by atoms with Gasteiger partial charge in [-0.25, -0.2) is 9.97 Å². The molecule has 1 aliphatic heterocycles. The molecule has 6 heteroatoms. The molecule has 0 atom stereocenters. The summed E-state index contributed by atoms with van der Waals surface area (Å²) in [4.78, 5) is 14.3. The first-order valence-electron chi connectivity index (χ1n) is 16.7. The lowest BCUT2D eigenvalue weighted by molar-refractivity contribution is 0.483. The van der Waals surface area contributed by atoms with Crippen molar-refractivity contribution in [2.75, 3.05) is 16.5 Å². The van der Waals surface area contributed by atoms with E-state index in [4.69, 9.17) is 14.7 Å². The molecule has 5 aromatic carbocycles. The highest BCUT2D eigenvalue weighted by atomic mass is 16.5. The van der Waals surface area contributed by atoms with Gasteiger partial charge in [0.25, 0.3) is 0 Å². The van der Waals surface area contributed by atoms with Crippen molar-refractivity contribution < 1.29 is 4.74 Å². The van der Waals surface area contributed by atoms with Crippen LogP contribution in [0.15, 0.2) is 146 Å². The highest BCUT2D eigenvalue weighted by Gasteiger charge is 2.30. The largest absolute Gasteiger partial charge is 0.457 e. The first-order valence-corrected chi connectivity index (χ1v) is 16.7. The Hall–Kier alpha value is -6.14. The molecule has 3 aromatic heterocycles. The summed E-state index contributed by atoms with van der Waals surface area (Å²) >= 11 is 0. The van der Waals surface area contributed by atoms with Crippen LogP contribution in [0, 0.1) is 0 Å². The summed E-state index contributed by atoms with van der Waals surface area (Å²) < 4.78 is 8.87. The Bertz CT molecular complexity index is 2520. The number of anilines is 4. The van der Waals surface area contributed by atoms with Gasteiger partial charge in [0.2, 0.25) is 0 Å². The van der Waals surface area contributed by atoms with E-state index in [2.05, 4.69) is 156 Å². The van der Waals surface area contributed by atoms with Crippen LogP contribution in [0.1, 0.15) is 26.3 Å². The fourth-order valence-electron chi connectivity index (χ4n) is 7.07. The molecule has 1 aliphatic rings. The topological polar surface area (TPSA) is 46.4 Å². The van der Waals surface area contributed by atoms with Crippen LogP contribution in [0.25, 0.3) is 38.4 Å². The lowest BCUT2D eigenvalue weighted by atomic mass is 9.88. The van der Waals surface area contributed by atoms with Crippen molar-refractivity contribution >= 4 is 55.5 Å². The molecule has 0 radical (unpaired) electrons. The minimum Gasteiger partial charge on any atom is -0.457 e. The van der Waals surface area contributed by atoms with Gasteiger partial charge in [0.05, 0.1) is 22.4 Å². The Kier molecular flexibility index (Phi) is 6.66. The lowest BCUT2D eigenvalue weighted by Gasteiger charge is -2.23. The quantitative estimate of drug-likeness (QED) is 0.188. The second kappa shape index (κ2) is 11.2.